The van der Waals surface area contributed by atoms with Gasteiger partial charge in [-0.1, -0.05) is 6.92 Å². The summed E-state index contributed by atoms with van der Waals surface area (Å²) >= 11 is 1.66. The molecular formula is C7H13NOS. The Bertz CT molecular complexity index is 123. The van der Waals surface area contributed by atoms with Crippen LogP contribution in [0.1, 0.15) is 13.3 Å². The topological polar surface area (TPSA) is 29.1 Å². The van der Waals surface area contributed by atoms with E-state index in [4.69, 9.17) is 0 Å². The van der Waals surface area contributed by atoms with E-state index in [-0.39, 0.29) is 5.91 Å². The normalized spacial score (nSPS) is 10.2. The summed E-state index contributed by atoms with van der Waals surface area (Å²) in [4.78, 5) is 10.6. The Kier molecular flexibility index (Phi) is 6.38. The van der Waals surface area contributed by atoms with Crippen LogP contribution in [0.5, 0.6) is 0 Å². The van der Waals surface area contributed by atoms with Crippen molar-refractivity contribution >= 4 is 17.7 Å². The molecule has 0 saturated carbocycles. The van der Waals surface area contributed by atoms with Crippen molar-refractivity contribution in [2.75, 3.05) is 12.8 Å². The van der Waals surface area contributed by atoms with Crippen molar-refractivity contribution in [3.8, 4) is 0 Å². The molecule has 0 aliphatic carbocycles. The number of likely N-dealkylation sites (N-methyl/N-ethyl adjacent to an activating group) is 1. The number of carbonyl (C=O) groups is 1. The quantitative estimate of drug-likeness (QED) is 0.496. The molecule has 10 heavy (non-hydrogen) atoms. The Morgan fingerprint density at radius 1 is 1.70 bits per heavy atom. The van der Waals surface area contributed by atoms with E-state index in [0.29, 0.717) is 0 Å². The first-order valence-corrected chi connectivity index (χ1v) is 4.36. The van der Waals surface area contributed by atoms with Gasteiger partial charge < -0.3 is 5.32 Å². The number of hydrogen-bond acceptors (Lipinski definition) is 2. The third-order valence-electron chi connectivity index (χ3n) is 0.884. The molecule has 58 valence electrons. The van der Waals surface area contributed by atoms with Crippen molar-refractivity contribution in [3.05, 3.63) is 11.5 Å². The van der Waals surface area contributed by atoms with Gasteiger partial charge in [-0.05, 0) is 17.6 Å². The van der Waals surface area contributed by atoms with E-state index in [2.05, 4.69) is 12.2 Å². The minimum absolute atomic E-state index is 0.0383. The highest BCUT2D eigenvalue weighted by molar-refractivity contribution is 8.02. The molecule has 0 aromatic carbocycles. The molecule has 0 unspecified atom stereocenters. The van der Waals surface area contributed by atoms with E-state index in [9.17, 15) is 4.79 Å². The van der Waals surface area contributed by atoms with Gasteiger partial charge in [-0.15, -0.1) is 11.8 Å². The highest BCUT2D eigenvalue weighted by Gasteiger charge is 1.85. The molecule has 0 bridgehead atoms. The van der Waals surface area contributed by atoms with Gasteiger partial charge in [-0.2, -0.15) is 0 Å². The van der Waals surface area contributed by atoms with Gasteiger partial charge in [0.25, 0.3) is 0 Å². The van der Waals surface area contributed by atoms with Crippen LogP contribution in [0.2, 0.25) is 0 Å². The summed E-state index contributed by atoms with van der Waals surface area (Å²) in [6.45, 7) is 2.11. The van der Waals surface area contributed by atoms with Crippen LogP contribution in [0.4, 0.5) is 0 Å². The van der Waals surface area contributed by atoms with E-state index >= 15 is 0 Å². The molecule has 0 atom stereocenters. The van der Waals surface area contributed by atoms with Crippen LogP contribution in [0.3, 0.4) is 0 Å². The molecule has 0 aliphatic rings. The lowest BCUT2D eigenvalue weighted by atomic mass is 10.6. The minimum atomic E-state index is -0.0383. The Labute approximate surface area is 66.1 Å². The fourth-order valence-corrected chi connectivity index (χ4v) is 0.971. The average molecular weight is 159 g/mol. The van der Waals surface area contributed by atoms with Crippen LogP contribution in [-0.2, 0) is 4.79 Å². The predicted molar refractivity (Wildman–Crippen MR) is 46.0 cm³/mol. The van der Waals surface area contributed by atoms with Gasteiger partial charge in [0.05, 0.1) is 0 Å². The molecule has 0 heterocycles. The summed E-state index contributed by atoms with van der Waals surface area (Å²) < 4.78 is 0. The SMILES string of the molecule is CCCSC=CC(=O)NC. The average Bonchev–Trinajstić information content (AvgIpc) is 1.98. The van der Waals surface area contributed by atoms with Gasteiger partial charge in [-0.25, -0.2) is 0 Å². The fraction of sp³-hybridized carbons (Fsp3) is 0.571. The lowest BCUT2D eigenvalue weighted by molar-refractivity contribution is -0.116. The first-order chi connectivity index (χ1) is 4.81. The molecule has 0 spiro atoms. The van der Waals surface area contributed by atoms with Crippen LogP contribution >= 0.6 is 11.8 Å². The van der Waals surface area contributed by atoms with E-state index in [1.165, 1.54) is 0 Å². The summed E-state index contributed by atoms with van der Waals surface area (Å²) in [5.74, 6) is 1.04. The van der Waals surface area contributed by atoms with Gasteiger partial charge in [0.1, 0.15) is 0 Å². The maximum absolute atomic E-state index is 10.6. The van der Waals surface area contributed by atoms with Crippen molar-refractivity contribution in [2.24, 2.45) is 0 Å². The van der Waals surface area contributed by atoms with E-state index in [0.717, 1.165) is 12.2 Å². The van der Waals surface area contributed by atoms with Crippen molar-refractivity contribution in [2.45, 2.75) is 13.3 Å². The Balaban J connectivity index is 3.27. The number of hydrogen-bond donors (Lipinski definition) is 1. The van der Waals surface area contributed by atoms with Crippen LogP contribution in [-0.4, -0.2) is 18.7 Å². The number of carbonyl (C=O) groups excluding carboxylic acids is 1. The largest absolute Gasteiger partial charge is 0.356 e. The highest BCUT2D eigenvalue weighted by atomic mass is 32.2. The molecule has 1 N–H and O–H groups in total. The lowest BCUT2D eigenvalue weighted by Crippen LogP contribution is -2.13. The molecule has 0 aliphatic heterocycles. The zero-order valence-electron chi connectivity index (χ0n) is 6.39. The Morgan fingerprint density at radius 3 is 2.90 bits per heavy atom. The van der Waals surface area contributed by atoms with Gasteiger partial charge in [0.15, 0.2) is 0 Å². The maximum Gasteiger partial charge on any atom is 0.244 e. The van der Waals surface area contributed by atoms with Crippen molar-refractivity contribution in [3.63, 3.8) is 0 Å². The molecule has 3 heteroatoms. The van der Waals surface area contributed by atoms with Crippen molar-refractivity contribution < 1.29 is 4.79 Å². The van der Waals surface area contributed by atoms with Crippen LogP contribution < -0.4 is 5.32 Å². The molecule has 2 nitrogen and oxygen atoms in total. The molecule has 0 radical (unpaired) electrons. The Hall–Kier alpha value is -0.440. The molecule has 0 fully saturated rings. The van der Waals surface area contributed by atoms with E-state index in [1.807, 2.05) is 5.41 Å². The molecule has 0 aromatic heterocycles. The zero-order chi connectivity index (χ0) is 7.82. The van der Waals surface area contributed by atoms with Gasteiger partial charge in [0.2, 0.25) is 5.91 Å². The summed E-state index contributed by atoms with van der Waals surface area (Å²) in [5.41, 5.74) is 0. The van der Waals surface area contributed by atoms with Crippen molar-refractivity contribution in [1.82, 2.24) is 5.32 Å². The second kappa shape index (κ2) is 6.68. The van der Waals surface area contributed by atoms with Crippen LogP contribution in [0.25, 0.3) is 0 Å². The molecule has 1 amide bonds. The monoisotopic (exact) mass is 159 g/mol. The summed E-state index contributed by atoms with van der Waals surface area (Å²) in [7, 11) is 1.62. The van der Waals surface area contributed by atoms with Crippen molar-refractivity contribution in [1.29, 1.82) is 0 Å². The minimum Gasteiger partial charge on any atom is -0.356 e. The molecule has 0 saturated heterocycles. The molecular weight excluding hydrogens is 146 g/mol. The second-order valence-corrected chi connectivity index (χ2v) is 2.80. The molecule has 0 rings (SSSR count). The lowest BCUT2D eigenvalue weighted by Gasteiger charge is -1.89. The number of nitrogens with one attached hydrogen (secondary N) is 1. The van der Waals surface area contributed by atoms with Gasteiger partial charge in [0, 0.05) is 13.1 Å². The molecule has 0 aromatic rings. The number of thioether (sulfide) groups is 1. The van der Waals surface area contributed by atoms with Gasteiger partial charge in [-0.3, -0.25) is 4.79 Å². The summed E-state index contributed by atoms with van der Waals surface area (Å²) in [6.07, 6.45) is 2.68. The number of rotatable bonds is 4. The second-order valence-electron chi connectivity index (χ2n) is 1.79. The van der Waals surface area contributed by atoms with Crippen LogP contribution in [0, 0.1) is 0 Å². The zero-order valence-corrected chi connectivity index (χ0v) is 7.20. The first kappa shape index (κ1) is 9.56. The third kappa shape index (κ3) is 5.69. The predicted octanol–water partition coefficient (Wildman–Crippen LogP) is 1.39. The maximum atomic E-state index is 10.6. The third-order valence-corrected chi connectivity index (χ3v) is 1.86. The van der Waals surface area contributed by atoms with E-state index in [1.54, 1.807) is 24.9 Å². The summed E-state index contributed by atoms with van der Waals surface area (Å²) in [6, 6.07) is 0. The Morgan fingerprint density at radius 2 is 2.40 bits per heavy atom. The summed E-state index contributed by atoms with van der Waals surface area (Å²) in [5, 5.41) is 4.32. The van der Waals surface area contributed by atoms with E-state index < -0.39 is 0 Å². The first-order valence-electron chi connectivity index (χ1n) is 3.31. The highest BCUT2D eigenvalue weighted by Crippen LogP contribution is 2.02. The standard InChI is InChI=1S/C7H13NOS/c1-3-5-10-6-4-7(9)8-2/h4,6H,3,5H2,1-2H3,(H,8,9). The fourth-order valence-electron chi connectivity index (χ4n) is 0.379. The van der Waals surface area contributed by atoms with Gasteiger partial charge >= 0.3 is 0 Å². The number of amides is 1. The smallest absolute Gasteiger partial charge is 0.244 e. The van der Waals surface area contributed by atoms with Crippen LogP contribution in [0.15, 0.2) is 11.5 Å².